The number of carbonyl (C=O) groups excluding carboxylic acids is 1. The van der Waals surface area contributed by atoms with Crippen LogP contribution in [0.25, 0.3) is 0 Å². The lowest BCUT2D eigenvalue weighted by atomic mass is 10.1. The van der Waals surface area contributed by atoms with E-state index in [0.717, 1.165) is 0 Å². The number of halogens is 2. The summed E-state index contributed by atoms with van der Waals surface area (Å²) in [5.74, 6) is 0.467. The summed E-state index contributed by atoms with van der Waals surface area (Å²) >= 11 is 12.0. The highest BCUT2D eigenvalue weighted by molar-refractivity contribution is 6.53. The van der Waals surface area contributed by atoms with E-state index in [2.05, 4.69) is 15.4 Å². The van der Waals surface area contributed by atoms with E-state index in [1.54, 1.807) is 30.1 Å². The van der Waals surface area contributed by atoms with Gasteiger partial charge in [-0.15, -0.1) is 23.2 Å². The molecule has 1 fully saturated rings. The third kappa shape index (κ3) is 3.43. The van der Waals surface area contributed by atoms with Gasteiger partial charge in [0.15, 0.2) is 0 Å². The molecule has 0 spiro atoms. The molecular weight excluding hydrogens is 339 g/mol. The number of hydrogen-bond acceptors (Lipinski definition) is 4. The number of nitrogens with zero attached hydrogens (tertiary/aromatic N) is 3. The van der Waals surface area contributed by atoms with E-state index >= 15 is 0 Å². The molecule has 1 atom stereocenters. The first-order valence-electron chi connectivity index (χ1n) is 7.15. The Labute approximate surface area is 143 Å². The van der Waals surface area contributed by atoms with Gasteiger partial charge in [-0.3, -0.25) is 4.79 Å². The number of benzene rings is 1. The Morgan fingerprint density at radius 2 is 2.26 bits per heavy atom. The number of aromatic nitrogens is 3. The molecule has 0 saturated heterocycles. The van der Waals surface area contributed by atoms with Gasteiger partial charge in [-0.2, -0.15) is 5.10 Å². The summed E-state index contributed by atoms with van der Waals surface area (Å²) in [5, 5.41) is 6.82. The Bertz CT molecular complexity index is 705. The number of ether oxygens (including phenoxy) is 1. The Hall–Kier alpha value is -1.79. The van der Waals surface area contributed by atoms with Gasteiger partial charge < -0.3 is 10.1 Å². The molecule has 1 aromatic carbocycles. The van der Waals surface area contributed by atoms with E-state index in [1.165, 1.54) is 6.33 Å². The lowest BCUT2D eigenvalue weighted by Crippen LogP contribution is -2.25. The number of hydrogen-bond donors (Lipinski definition) is 1. The summed E-state index contributed by atoms with van der Waals surface area (Å²) in [6.45, 7) is 2.79. The molecule has 1 heterocycles. The van der Waals surface area contributed by atoms with Gasteiger partial charge in [-0.25, -0.2) is 9.67 Å². The van der Waals surface area contributed by atoms with Gasteiger partial charge >= 0.3 is 0 Å². The molecule has 1 aliphatic carbocycles. The van der Waals surface area contributed by atoms with Crippen molar-refractivity contribution < 1.29 is 9.53 Å². The van der Waals surface area contributed by atoms with E-state index < -0.39 is 9.75 Å². The standard InChI is InChI=1S/C15H16Cl2N4O2/c1-14(8-15(14,16)17)13(22)20-11-3-2-4-12(7-11)23-6-5-21-10-18-9-19-21/h2-4,7,9-10H,5-6,8H2,1H3,(H,20,22)/t14-/m0/s1. The quantitative estimate of drug-likeness (QED) is 0.809. The fourth-order valence-electron chi connectivity index (χ4n) is 2.18. The second-order valence-corrected chi connectivity index (χ2v) is 7.19. The lowest BCUT2D eigenvalue weighted by Gasteiger charge is -2.13. The second kappa shape index (κ2) is 6.02. The normalized spacial score (nSPS) is 21.7. The minimum Gasteiger partial charge on any atom is -0.492 e. The predicted octanol–water partition coefficient (Wildman–Crippen LogP) is 2.88. The molecule has 1 saturated carbocycles. The van der Waals surface area contributed by atoms with Crippen LogP contribution in [0.4, 0.5) is 5.69 Å². The fourth-order valence-corrected chi connectivity index (χ4v) is 2.89. The van der Waals surface area contributed by atoms with Crippen molar-refractivity contribution in [1.82, 2.24) is 14.8 Å². The molecule has 0 unspecified atom stereocenters. The second-order valence-electron chi connectivity index (χ2n) is 5.70. The van der Waals surface area contributed by atoms with Crippen LogP contribution in [0.5, 0.6) is 5.75 Å². The first-order valence-corrected chi connectivity index (χ1v) is 7.91. The van der Waals surface area contributed by atoms with Gasteiger partial charge in [0.1, 0.15) is 29.3 Å². The molecule has 0 radical (unpaired) electrons. The molecule has 6 nitrogen and oxygen atoms in total. The molecule has 0 bridgehead atoms. The predicted molar refractivity (Wildman–Crippen MR) is 87.7 cm³/mol. The third-order valence-electron chi connectivity index (χ3n) is 3.91. The smallest absolute Gasteiger partial charge is 0.233 e. The van der Waals surface area contributed by atoms with Gasteiger partial charge in [0.2, 0.25) is 5.91 Å². The molecule has 23 heavy (non-hydrogen) atoms. The molecule has 1 N–H and O–H groups in total. The number of carbonyl (C=O) groups is 1. The van der Waals surface area contributed by atoms with Crippen molar-refractivity contribution in [1.29, 1.82) is 0 Å². The van der Waals surface area contributed by atoms with Crippen LogP contribution in [0.2, 0.25) is 0 Å². The molecule has 1 aromatic heterocycles. The highest BCUT2D eigenvalue weighted by Crippen LogP contribution is 2.64. The van der Waals surface area contributed by atoms with Crippen molar-refractivity contribution >= 4 is 34.8 Å². The number of nitrogens with one attached hydrogen (secondary N) is 1. The van der Waals surface area contributed by atoms with Gasteiger partial charge in [-0.1, -0.05) is 6.07 Å². The zero-order valence-corrected chi connectivity index (χ0v) is 14.0. The summed E-state index contributed by atoms with van der Waals surface area (Å²) in [7, 11) is 0. The summed E-state index contributed by atoms with van der Waals surface area (Å²) in [5.41, 5.74) is -0.106. The maximum atomic E-state index is 12.3. The summed E-state index contributed by atoms with van der Waals surface area (Å²) in [6.07, 6.45) is 3.55. The van der Waals surface area contributed by atoms with Crippen molar-refractivity contribution in [3.05, 3.63) is 36.9 Å². The molecule has 8 heteroatoms. The highest BCUT2D eigenvalue weighted by atomic mass is 35.5. The summed E-state index contributed by atoms with van der Waals surface area (Å²) < 4.78 is 6.35. The largest absolute Gasteiger partial charge is 0.492 e. The zero-order chi connectivity index (χ0) is 16.5. The minimum atomic E-state index is -0.983. The number of anilines is 1. The van der Waals surface area contributed by atoms with E-state index in [0.29, 0.717) is 31.0 Å². The topological polar surface area (TPSA) is 69.0 Å². The summed E-state index contributed by atoms with van der Waals surface area (Å²) in [4.78, 5) is 16.1. The lowest BCUT2D eigenvalue weighted by molar-refractivity contribution is -0.120. The van der Waals surface area contributed by atoms with Gasteiger partial charge in [0.25, 0.3) is 0 Å². The molecule has 1 amide bonds. The molecule has 1 aliphatic rings. The van der Waals surface area contributed by atoms with E-state index in [9.17, 15) is 4.79 Å². The fraction of sp³-hybridized carbons (Fsp3) is 0.400. The average Bonchev–Trinajstić information content (AvgIpc) is 2.87. The van der Waals surface area contributed by atoms with Crippen LogP contribution in [0.3, 0.4) is 0 Å². The van der Waals surface area contributed by atoms with Crippen LogP contribution in [0.15, 0.2) is 36.9 Å². The van der Waals surface area contributed by atoms with Gasteiger partial charge in [0.05, 0.1) is 12.0 Å². The SMILES string of the molecule is C[C@@]1(C(=O)Nc2cccc(OCCn3cncn3)c2)CC1(Cl)Cl. The number of amides is 1. The Balaban J connectivity index is 1.56. The van der Waals surface area contributed by atoms with Crippen LogP contribution >= 0.6 is 23.2 Å². The third-order valence-corrected chi connectivity index (χ3v) is 5.01. The van der Waals surface area contributed by atoms with Crippen molar-refractivity contribution in [2.75, 3.05) is 11.9 Å². The van der Waals surface area contributed by atoms with Crippen LogP contribution in [0, 0.1) is 5.41 Å². The molecule has 3 rings (SSSR count). The molecular formula is C15H16Cl2N4O2. The molecule has 2 aromatic rings. The number of alkyl halides is 2. The molecule has 0 aliphatic heterocycles. The van der Waals surface area contributed by atoms with E-state index in [1.807, 2.05) is 12.1 Å². The van der Waals surface area contributed by atoms with Crippen LogP contribution < -0.4 is 10.1 Å². The van der Waals surface area contributed by atoms with Crippen LogP contribution in [0.1, 0.15) is 13.3 Å². The van der Waals surface area contributed by atoms with Crippen molar-refractivity contribution in [3.8, 4) is 5.75 Å². The maximum Gasteiger partial charge on any atom is 0.233 e. The highest BCUT2D eigenvalue weighted by Gasteiger charge is 2.67. The Morgan fingerprint density at radius 1 is 1.48 bits per heavy atom. The van der Waals surface area contributed by atoms with Gasteiger partial charge in [0, 0.05) is 11.8 Å². The van der Waals surface area contributed by atoms with E-state index in [4.69, 9.17) is 27.9 Å². The minimum absolute atomic E-state index is 0.192. The first-order chi connectivity index (χ1) is 10.9. The monoisotopic (exact) mass is 354 g/mol. The van der Waals surface area contributed by atoms with Crippen LogP contribution in [-0.4, -0.2) is 31.6 Å². The van der Waals surface area contributed by atoms with Crippen molar-refractivity contribution in [3.63, 3.8) is 0 Å². The zero-order valence-electron chi connectivity index (χ0n) is 12.5. The van der Waals surface area contributed by atoms with E-state index in [-0.39, 0.29) is 5.91 Å². The summed E-state index contributed by atoms with van der Waals surface area (Å²) in [6, 6.07) is 7.18. The maximum absolute atomic E-state index is 12.3. The number of rotatable bonds is 6. The Morgan fingerprint density at radius 3 is 2.91 bits per heavy atom. The van der Waals surface area contributed by atoms with Crippen molar-refractivity contribution in [2.24, 2.45) is 5.41 Å². The van der Waals surface area contributed by atoms with Crippen LogP contribution in [-0.2, 0) is 11.3 Å². The Kier molecular flexibility index (Phi) is 4.21. The first kappa shape index (κ1) is 16.1. The van der Waals surface area contributed by atoms with Crippen molar-refractivity contribution in [2.45, 2.75) is 24.2 Å². The average molecular weight is 355 g/mol. The van der Waals surface area contributed by atoms with Gasteiger partial charge in [-0.05, 0) is 25.5 Å². The molecule has 122 valence electrons.